The van der Waals surface area contributed by atoms with E-state index in [1.807, 2.05) is 36.4 Å². The van der Waals surface area contributed by atoms with Crippen molar-refractivity contribution < 1.29 is 4.79 Å². The minimum atomic E-state index is -0.121. The lowest BCUT2D eigenvalue weighted by Crippen LogP contribution is -2.21. The van der Waals surface area contributed by atoms with Crippen LogP contribution in [0.3, 0.4) is 0 Å². The van der Waals surface area contributed by atoms with Crippen molar-refractivity contribution in [1.29, 1.82) is 0 Å². The topological polar surface area (TPSA) is 59.8 Å². The van der Waals surface area contributed by atoms with Gasteiger partial charge < -0.3 is 5.32 Å². The van der Waals surface area contributed by atoms with Gasteiger partial charge >= 0.3 is 0 Å². The number of amides is 1. The van der Waals surface area contributed by atoms with Crippen LogP contribution in [-0.2, 0) is 6.54 Å². The van der Waals surface area contributed by atoms with Gasteiger partial charge in [-0.25, -0.2) is 9.67 Å². The summed E-state index contributed by atoms with van der Waals surface area (Å²) in [5.41, 5.74) is 1.07. The number of carbonyl (C=O) groups excluding carboxylic acids is 1. The summed E-state index contributed by atoms with van der Waals surface area (Å²) in [6.45, 7) is 0.509. The summed E-state index contributed by atoms with van der Waals surface area (Å²) < 4.78 is 1.64. The molecule has 3 aromatic rings. The largest absolute Gasteiger partial charge is 0.347 e. The number of nitrogens with one attached hydrogen (secondary N) is 1. The lowest BCUT2D eigenvalue weighted by Gasteiger charge is -2.02. The normalized spacial score (nSPS) is 10.4. The molecule has 1 N–H and O–H groups in total. The quantitative estimate of drug-likeness (QED) is 0.799. The Labute approximate surface area is 119 Å². The first-order valence-electron chi connectivity index (χ1n) is 6.11. The Morgan fingerprint density at radius 2 is 2.10 bits per heavy atom. The highest BCUT2D eigenvalue weighted by Crippen LogP contribution is 2.16. The van der Waals surface area contributed by atoms with E-state index >= 15 is 0 Å². The molecule has 1 amide bonds. The average Bonchev–Trinajstić information content (AvgIpc) is 3.16. The van der Waals surface area contributed by atoms with Crippen LogP contribution in [0, 0.1) is 0 Å². The van der Waals surface area contributed by atoms with E-state index in [1.165, 1.54) is 11.3 Å². The van der Waals surface area contributed by atoms with E-state index in [-0.39, 0.29) is 5.91 Å². The van der Waals surface area contributed by atoms with Crippen molar-refractivity contribution in [2.45, 2.75) is 6.54 Å². The molecule has 5 nitrogen and oxygen atoms in total. The Kier molecular flexibility index (Phi) is 3.56. The molecular formula is C14H12N4OS. The van der Waals surface area contributed by atoms with Crippen LogP contribution in [0.25, 0.3) is 5.13 Å². The van der Waals surface area contributed by atoms with Crippen molar-refractivity contribution in [3.63, 3.8) is 0 Å². The molecule has 20 heavy (non-hydrogen) atoms. The number of carbonyl (C=O) groups is 1. The number of hydrogen-bond donors (Lipinski definition) is 1. The molecular weight excluding hydrogens is 272 g/mol. The van der Waals surface area contributed by atoms with Crippen molar-refractivity contribution in [2.75, 3.05) is 0 Å². The highest BCUT2D eigenvalue weighted by atomic mass is 32.1. The molecule has 0 aliphatic carbocycles. The molecule has 6 heteroatoms. The maximum absolute atomic E-state index is 12.0. The minimum Gasteiger partial charge on any atom is -0.347 e. The number of rotatable bonds is 4. The molecule has 0 bridgehead atoms. The smallest absolute Gasteiger partial charge is 0.263 e. The lowest BCUT2D eigenvalue weighted by atomic mass is 10.2. The zero-order valence-corrected chi connectivity index (χ0v) is 11.4. The lowest BCUT2D eigenvalue weighted by molar-refractivity contribution is 0.0955. The van der Waals surface area contributed by atoms with Crippen molar-refractivity contribution in [3.8, 4) is 5.13 Å². The van der Waals surface area contributed by atoms with Gasteiger partial charge in [-0.2, -0.15) is 5.10 Å². The second-order valence-electron chi connectivity index (χ2n) is 4.13. The summed E-state index contributed by atoms with van der Waals surface area (Å²) in [6, 6.07) is 11.6. The molecule has 2 aromatic heterocycles. The van der Waals surface area contributed by atoms with Crippen LogP contribution in [0.4, 0.5) is 0 Å². The molecule has 0 fully saturated rings. The Hall–Kier alpha value is -2.47. The summed E-state index contributed by atoms with van der Waals surface area (Å²) >= 11 is 1.31. The molecule has 3 rings (SSSR count). The summed E-state index contributed by atoms with van der Waals surface area (Å²) in [6.07, 6.45) is 5.04. The fourth-order valence-electron chi connectivity index (χ4n) is 1.72. The number of hydrogen-bond acceptors (Lipinski definition) is 4. The minimum absolute atomic E-state index is 0.121. The molecule has 0 aliphatic rings. The fourth-order valence-corrected chi connectivity index (χ4v) is 2.50. The van der Waals surface area contributed by atoms with Gasteiger partial charge in [-0.15, -0.1) is 0 Å². The number of benzene rings is 1. The van der Waals surface area contributed by atoms with E-state index in [1.54, 1.807) is 23.3 Å². The number of nitrogens with zero attached hydrogens (tertiary/aromatic N) is 3. The van der Waals surface area contributed by atoms with Crippen LogP contribution in [0.15, 0.2) is 55.0 Å². The van der Waals surface area contributed by atoms with Crippen LogP contribution >= 0.6 is 11.3 Å². The Balaban J connectivity index is 1.66. The van der Waals surface area contributed by atoms with Gasteiger partial charge in [-0.05, 0) is 11.6 Å². The van der Waals surface area contributed by atoms with E-state index in [0.717, 1.165) is 5.56 Å². The SMILES string of the molecule is O=C(NCc1ccccc1)c1cnc(-n2cccn2)s1. The summed E-state index contributed by atoms with van der Waals surface area (Å²) in [7, 11) is 0. The van der Waals surface area contributed by atoms with E-state index in [2.05, 4.69) is 15.4 Å². The second kappa shape index (κ2) is 5.66. The maximum atomic E-state index is 12.0. The predicted octanol–water partition coefficient (Wildman–Crippen LogP) is 2.26. The second-order valence-corrected chi connectivity index (χ2v) is 5.14. The van der Waals surface area contributed by atoms with Crippen LogP contribution in [0.5, 0.6) is 0 Å². The first-order valence-corrected chi connectivity index (χ1v) is 6.92. The van der Waals surface area contributed by atoms with Gasteiger partial charge in [0.05, 0.1) is 6.20 Å². The fraction of sp³-hybridized carbons (Fsp3) is 0.0714. The van der Waals surface area contributed by atoms with Crippen molar-refractivity contribution in [2.24, 2.45) is 0 Å². The summed E-state index contributed by atoms with van der Waals surface area (Å²) in [4.78, 5) is 16.8. The molecule has 0 atom stereocenters. The van der Waals surface area contributed by atoms with Crippen LogP contribution in [0.2, 0.25) is 0 Å². The maximum Gasteiger partial charge on any atom is 0.263 e. The Bertz CT molecular complexity index is 691. The molecule has 0 unspecified atom stereocenters. The van der Waals surface area contributed by atoms with E-state index in [9.17, 15) is 4.79 Å². The van der Waals surface area contributed by atoms with Gasteiger partial charge in [0.25, 0.3) is 5.91 Å². The monoisotopic (exact) mass is 284 g/mol. The Morgan fingerprint density at radius 1 is 1.25 bits per heavy atom. The van der Waals surface area contributed by atoms with Gasteiger partial charge in [0, 0.05) is 18.9 Å². The average molecular weight is 284 g/mol. The van der Waals surface area contributed by atoms with Gasteiger partial charge in [0.1, 0.15) is 4.88 Å². The molecule has 2 heterocycles. The molecule has 100 valence electrons. The van der Waals surface area contributed by atoms with Crippen LogP contribution in [-0.4, -0.2) is 20.7 Å². The predicted molar refractivity (Wildman–Crippen MR) is 76.8 cm³/mol. The van der Waals surface area contributed by atoms with Crippen LogP contribution < -0.4 is 5.32 Å². The molecule has 0 saturated heterocycles. The first-order chi connectivity index (χ1) is 9.83. The van der Waals surface area contributed by atoms with Gasteiger partial charge in [-0.3, -0.25) is 4.79 Å². The molecule has 0 spiro atoms. The van der Waals surface area contributed by atoms with E-state index in [4.69, 9.17) is 0 Å². The molecule has 1 aromatic carbocycles. The highest BCUT2D eigenvalue weighted by Gasteiger charge is 2.11. The zero-order valence-electron chi connectivity index (χ0n) is 10.6. The first kappa shape index (κ1) is 12.6. The third-order valence-corrected chi connectivity index (χ3v) is 3.70. The molecule has 0 saturated carbocycles. The number of thiazole rings is 1. The van der Waals surface area contributed by atoms with Gasteiger partial charge in [-0.1, -0.05) is 41.7 Å². The zero-order chi connectivity index (χ0) is 13.8. The molecule has 0 radical (unpaired) electrons. The highest BCUT2D eigenvalue weighted by molar-refractivity contribution is 7.16. The Morgan fingerprint density at radius 3 is 2.85 bits per heavy atom. The van der Waals surface area contributed by atoms with Gasteiger partial charge in [0.2, 0.25) is 5.13 Å². The van der Waals surface area contributed by atoms with E-state index in [0.29, 0.717) is 16.6 Å². The third kappa shape index (κ3) is 2.75. The van der Waals surface area contributed by atoms with E-state index < -0.39 is 0 Å². The van der Waals surface area contributed by atoms with Crippen molar-refractivity contribution in [1.82, 2.24) is 20.1 Å². The summed E-state index contributed by atoms with van der Waals surface area (Å²) in [5.74, 6) is -0.121. The summed E-state index contributed by atoms with van der Waals surface area (Å²) in [5, 5.41) is 7.64. The van der Waals surface area contributed by atoms with Crippen LogP contribution in [0.1, 0.15) is 15.2 Å². The van der Waals surface area contributed by atoms with Gasteiger partial charge in [0.15, 0.2) is 0 Å². The standard InChI is InChI=1S/C14H12N4OS/c19-13(15-9-11-5-2-1-3-6-11)12-10-16-14(20-12)18-8-4-7-17-18/h1-8,10H,9H2,(H,15,19). The third-order valence-electron chi connectivity index (χ3n) is 2.71. The number of aromatic nitrogens is 3. The van der Waals surface area contributed by atoms with Crippen molar-refractivity contribution >= 4 is 17.2 Å². The van der Waals surface area contributed by atoms with Crippen molar-refractivity contribution in [3.05, 3.63) is 65.4 Å². The molecule has 0 aliphatic heterocycles.